The summed E-state index contributed by atoms with van der Waals surface area (Å²) in [6.45, 7) is 4.58. The molecule has 0 aliphatic heterocycles. The van der Waals surface area contributed by atoms with Gasteiger partial charge in [0, 0.05) is 25.7 Å². The number of carbonyl (C=O) groups is 2. The normalized spacial score (nSPS) is 10.1. The van der Waals surface area contributed by atoms with Crippen LogP contribution in [0.5, 0.6) is 0 Å². The summed E-state index contributed by atoms with van der Waals surface area (Å²) >= 11 is 0. The molecule has 2 aromatic rings. The Balaban J connectivity index is 1.69. The summed E-state index contributed by atoms with van der Waals surface area (Å²) in [4.78, 5) is 22.8. The molecule has 126 valence electrons. The first kappa shape index (κ1) is 17.5. The van der Waals surface area contributed by atoms with Crippen LogP contribution in [0.25, 0.3) is 0 Å². The van der Waals surface area contributed by atoms with Crippen LogP contribution in [0.2, 0.25) is 0 Å². The SMILES string of the molecule is CC(=O)Nc1ccc(CCNC(=O)NCc2cccc(C)c2)cc1. The highest BCUT2D eigenvalue weighted by molar-refractivity contribution is 5.88. The summed E-state index contributed by atoms with van der Waals surface area (Å²) in [7, 11) is 0. The van der Waals surface area contributed by atoms with Crippen LogP contribution in [-0.2, 0) is 17.8 Å². The van der Waals surface area contributed by atoms with Crippen molar-refractivity contribution in [3.63, 3.8) is 0 Å². The first-order valence-electron chi connectivity index (χ1n) is 7.97. The number of benzene rings is 2. The van der Waals surface area contributed by atoms with Crippen LogP contribution in [0, 0.1) is 6.92 Å². The number of nitrogens with one attached hydrogen (secondary N) is 3. The summed E-state index contributed by atoms with van der Waals surface area (Å²) in [5.74, 6) is -0.0882. The number of aryl methyl sites for hydroxylation is 1. The van der Waals surface area contributed by atoms with Crippen molar-refractivity contribution in [3.8, 4) is 0 Å². The quantitative estimate of drug-likeness (QED) is 0.764. The Morgan fingerprint density at radius 2 is 1.71 bits per heavy atom. The van der Waals surface area contributed by atoms with E-state index < -0.39 is 0 Å². The number of hydrogen-bond donors (Lipinski definition) is 3. The molecular weight excluding hydrogens is 302 g/mol. The first-order valence-corrected chi connectivity index (χ1v) is 7.97. The van der Waals surface area contributed by atoms with Gasteiger partial charge in [-0.1, -0.05) is 42.0 Å². The van der Waals surface area contributed by atoms with Crippen LogP contribution in [0.1, 0.15) is 23.6 Å². The minimum atomic E-state index is -0.175. The zero-order valence-electron chi connectivity index (χ0n) is 14.1. The maximum Gasteiger partial charge on any atom is 0.315 e. The maximum atomic E-state index is 11.8. The molecule has 0 fully saturated rings. The molecule has 0 unspecified atom stereocenters. The van der Waals surface area contributed by atoms with E-state index in [0.717, 1.165) is 23.2 Å². The lowest BCUT2D eigenvalue weighted by Crippen LogP contribution is -2.36. The van der Waals surface area contributed by atoms with Gasteiger partial charge in [-0.2, -0.15) is 0 Å². The van der Waals surface area contributed by atoms with Gasteiger partial charge < -0.3 is 16.0 Å². The predicted octanol–water partition coefficient (Wildman–Crippen LogP) is 3.00. The molecule has 0 saturated carbocycles. The average molecular weight is 325 g/mol. The molecule has 0 atom stereocenters. The molecule has 0 radical (unpaired) electrons. The second-order valence-electron chi connectivity index (χ2n) is 5.73. The van der Waals surface area contributed by atoms with Gasteiger partial charge in [0.05, 0.1) is 0 Å². The molecule has 2 aromatic carbocycles. The summed E-state index contributed by atoms with van der Waals surface area (Å²) in [5, 5.41) is 8.41. The van der Waals surface area contributed by atoms with Crippen LogP contribution in [-0.4, -0.2) is 18.5 Å². The Morgan fingerprint density at radius 1 is 0.958 bits per heavy atom. The van der Waals surface area contributed by atoms with E-state index in [4.69, 9.17) is 0 Å². The molecule has 0 aliphatic rings. The van der Waals surface area contributed by atoms with Crippen molar-refractivity contribution in [2.45, 2.75) is 26.8 Å². The lowest BCUT2D eigenvalue weighted by atomic mass is 10.1. The van der Waals surface area contributed by atoms with Crippen molar-refractivity contribution in [3.05, 3.63) is 65.2 Å². The zero-order valence-corrected chi connectivity index (χ0v) is 14.1. The number of amides is 3. The third-order valence-corrected chi connectivity index (χ3v) is 3.51. The van der Waals surface area contributed by atoms with E-state index in [1.54, 1.807) is 0 Å². The smallest absolute Gasteiger partial charge is 0.315 e. The second-order valence-corrected chi connectivity index (χ2v) is 5.73. The minimum Gasteiger partial charge on any atom is -0.338 e. The number of urea groups is 1. The van der Waals surface area contributed by atoms with E-state index in [9.17, 15) is 9.59 Å². The van der Waals surface area contributed by atoms with E-state index in [2.05, 4.69) is 22.0 Å². The molecular formula is C19H23N3O2. The summed E-state index contributed by atoms with van der Waals surface area (Å²) in [5.41, 5.74) is 4.13. The van der Waals surface area contributed by atoms with Crippen LogP contribution >= 0.6 is 0 Å². The predicted molar refractivity (Wildman–Crippen MR) is 95.9 cm³/mol. The molecule has 5 nitrogen and oxygen atoms in total. The standard InChI is InChI=1S/C19H23N3O2/c1-14-4-3-5-17(12-14)13-21-19(24)20-11-10-16-6-8-18(9-7-16)22-15(2)23/h3-9,12H,10-11,13H2,1-2H3,(H,22,23)(H2,20,21,24). The van der Waals surface area contributed by atoms with Crippen LogP contribution in [0.4, 0.5) is 10.5 Å². The van der Waals surface area contributed by atoms with Gasteiger partial charge in [-0.25, -0.2) is 4.79 Å². The third kappa shape index (κ3) is 6.12. The van der Waals surface area contributed by atoms with Crippen molar-refractivity contribution < 1.29 is 9.59 Å². The lowest BCUT2D eigenvalue weighted by molar-refractivity contribution is -0.114. The molecule has 3 amide bonds. The van der Waals surface area contributed by atoms with Gasteiger partial charge in [0.2, 0.25) is 5.91 Å². The highest BCUT2D eigenvalue weighted by Crippen LogP contribution is 2.09. The molecule has 0 aromatic heterocycles. The van der Waals surface area contributed by atoms with E-state index in [1.165, 1.54) is 12.5 Å². The van der Waals surface area contributed by atoms with Crippen molar-refractivity contribution in [2.75, 3.05) is 11.9 Å². The number of rotatable bonds is 6. The number of anilines is 1. The topological polar surface area (TPSA) is 70.2 Å². The fourth-order valence-corrected chi connectivity index (χ4v) is 2.35. The van der Waals surface area contributed by atoms with Gasteiger partial charge in [0.25, 0.3) is 0 Å². The lowest BCUT2D eigenvalue weighted by Gasteiger charge is -2.09. The molecule has 2 rings (SSSR count). The van der Waals surface area contributed by atoms with E-state index >= 15 is 0 Å². The zero-order chi connectivity index (χ0) is 17.4. The van der Waals surface area contributed by atoms with Gasteiger partial charge in [-0.3, -0.25) is 4.79 Å². The molecule has 0 bridgehead atoms. The largest absolute Gasteiger partial charge is 0.338 e. The van der Waals surface area contributed by atoms with Crippen LogP contribution in [0.15, 0.2) is 48.5 Å². The molecule has 3 N–H and O–H groups in total. The monoisotopic (exact) mass is 325 g/mol. The Morgan fingerprint density at radius 3 is 2.38 bits per heavy atom. The van der Waals surface area contributed by atoms with Crippen molar-refractivity contribution >= 4 is 17.6 Å². The van der Waals surface area contributed by atoms with Gasteiger partial charge in [-0.05, 0) is 36.6 Å². The fraction of sp³-hybridized carbons (Fsp3) is 0.263. The molecule has 0 spiro atoms. The van der Waals surface area contributed by atoms with Gasteiger partial charge >= 0.3 is 6.03 Å². The summed E-state index contributed by atoms with van der Waals surface area (Å²) < 4.78 is 0. The third-order valence-electron chi connectivity index (χ3n) is 3.51. The van der Waals surface area contributed by atoms with Gasteiger partial charge in [0.1, 0.15) is 0 Å². The van der Waals surface area contributed by atoms with E-state index in [-0.39, 0.29) is 11.9 Å². The fourth-order valence-electron chi connectivity index (χ4n) is 2.35. The molecule has 0 heterocycles. The highest BCUT2D eigenvalue weighted by Gasteiger charge is 2.01. The maximum absolute atomic E-state index is 11.8. The molecule has 0 aliphatic carbocycles. The Labute approximate surface area is 142 Å². The highest BCUT2D eigenvalue weighted by atomic mass is 16.2. The van der Waals surface area contributed by atoms with Gasteiger partial charge in [-0.15, -0.1) is 0 Å². The number of carbonyl (C=O) groups excluding carboxylic acids is 2. The van der Waals surface area contributed by atoms with Crippen molar-refractivity contribution in [2.24, 2.45) is 0 Å². The van der Waals surface area contributed by atoms with Gasteiger partial charge in [0.15, 0.2) is 0 Å². The number of hydrogen-bond acceptors (Lipinski definition) is 2. The van der Waals surface area contributed by atoms with Crippen LogP contribution < -0.4 is 16.0 Å². The van der Waals surface area contributed by atoms with Crippen molar-refractivity contribution in [1.82, 2.24) is 10.6 Å². The summed E-state index contributed by atoms with van der Waals surface area (Å²) in [6.07, 6.45) is 0.734. The Hall–Kier alpha value is -2.82. The van der Waals surface area contributed by atoms with E-state index in [0.29, 0.717) is 13.1 Å². The van der Waals surface area contributed by atoms with E-state index in [1.807, 2.05) is 49.4 Å². The molecule has 24 heavy (non-hydrogen) atoms. The average Bonchev–Trinajstić information content (AvgIpc) is 2.54. The Kier molecular flexibility index (Phi) is 6.37. The second kappa shape index (κ2) is 8.72. The molecule has 0 saturated heterocycles. The minimum absolute atomic E-state index is 0.0882. The Bertz CT molecular complexity index is 696. The molecule has 5 heteroatoms. The summed E-state index contributed by atoms with van der Waals surface area (Å²) in [6, 6.07) is 15.5. The first-order chi connectivity index (χ1) is 11.5. The van der Waals surface area contributed by atoms with Crippen LogP contribution in [0.3, 0.4) is 0 Å². The van der Waals surface area contributed by atoms with Crippen molar-refractivity contribution in [1.29, 1.82) is 0 Å².